The van der Waals surface area contributed by atoms with Crippen LogP contribution in [0.5, 0.6) is 0 Å². The second-order valence-electron chi connectivity index (χ2n) is 6.82. The van der Waals surface area contributed by atoms with Crippen LogP contribution < -0.4 is 21.7 Å². The van der Waals surface area contributed by atoms with E-state index in [2.05, 4.69) is 16.0 Å². The molecule has 0 aliphatic heterocycles. The summed E-state index contributed by atoms with van der Waals surface area (Å²) in [4.78, 5) is 69.5. The summed E-state index contributed by atoms with van der Waals surface area (Å²) in [5, 5.41) is 33.6. The molecule has 0 aromatic carbocycles. The Labute approximate surface area is 172 Å². The van der Waals surface area contributed by atoms with Gasteiger partial charge in [0.25, 0.3) is 0 Å². The van der Waals surface area contributed by atoms with Crippen molar-refractivity contribution in [2.24, 2.45) is 11.7 Å². The zero-order valence-corrected chi connectivity index (χ0v) is 16.7. The van der Waals surface area contributed by atoms with E-state index in [1.54, 1.807) is 13.8 Å². The largest absolute Gasteiger partial charge is 0.481 e. The van der Waals surface area contributed by atoms with E-state index < -0.39 is 79.1 Å². The van der Waals surface area contributed by atoms with E-state index >= 15 is 0 Å². The predicted octanol–water partition coefficient (Wildman–Crippen LogP) is -2.13. The van der Waals surface area contributed by atoms with Crippen LogP contribution in [0, 0.1) is 5.92 Å². The highest BCUT2D eigenvalue weighted by atomic mass is 16.4. The summed E-state index contributed by atoms with van der Waals surface area (Å²) in [5.74, 6) is -6.87. The topological polar surface area (TPSA) is 225 Å². The Balaban J connectivity index is 5.45. The average Bonchev–Trinajstić information content (AvgIpc) is 2.64. The molecule has 0 rings (SSSR count). The third kappa shape index (κ3) is 10.4. The summed E-state index contributed by atoms with van der Waals surface area (Å²) >= 11 is 0. The summed E-state index contributed by atoms with van der Waals surface area (Å²) in [6.07, 6.45) is -1.63. The molecular weight excluding hydrogens is 404 g/mol. The fourth-order valence-electron chi connectivity index (χ4n) is 2.37. The molecule has 0 heterocycles. The number of carbonyl (C=O) groups excluding carboxylic acids is 3. The van der Waals surface area contributed by atoms with Crippen molar-refractivity contribution >= 4 is 35.6 Å². The molecule has 0 saturated carbocycles. The molecular formula is C17H28N4O9. The van der Waals surface area contributed by atoms with Crippen LogP contribution in [0.2, 0.25) is 0 Å². The molecule has 0 radical (unpaired) electrons. The number of hydrogen-bond acceptors (Lipinski definition) is 7. The highest BCUT2D eigenvalue weighted by molar-refractivity contribution is 5.94. The van der Waals surface area contributed by atoms with Crippen molar-refractivity contribution in [1.29, 1.82) is 0 Å². The monoisotopic (exact) mass is 432 g/mol. The Morgan fingerprint density at radius 2 is 1.20 bits per heavy atom. The molecule has 0 spiro atoms. The Kier molecular flexibility index (Phi) is 11.7. The first-order valence-corrected chi connectivity index (χ1v) is 9.15. The van der Waals surface area contributed by atoms with Crippen molar-refractivity contribution < 1.29 is 44.1 Å². The number of rotatable bonds is 14. The quantitative estimate of drug-likeness (QED) is 0.158. The second-order valence-corrected chi connectivity index (χ2v) is 6.82. The predicted molar refractivity (Wildman–Crippen MR) is 101 cm³/mol. The van der Waals surface area contributed by atoms with Crippen LogP contribution in [0.25, 0.3) is 0 Å². The number of carboxylic acids is 3. The van der Waals surface area contributed by atoms with Gasteiger partial charge in [0, 0.05) is 12.8 Å². The van der Waals surface area contributed by atoms with Crippen LogP contribution >= 0.6 is 0 Å². The number of carboxylic acid groups (broad SMARTS) is 3. The van der Waals surface area contributed by atoms with Crippen molar-refractivity contribution in [2.75, 3.05) is 6.54 Å². The standard InChI is InChI=1S/C17H28N4O9/c1-8(2)14(17(29)30)21-16(28)10(4-6-13(25)26)20-15(27)9(3-5-12(23)24)19-11(22)7-18/h8-10,14H,3-7,18H2,1-2H3,(H,19,22)(H,20,27)(H,21,28)(H,23,24)(H,25,26)(H,29,30). The van der Waals surface area contributed by atoms with Gasteiger partial charge in [-0.2, -0.15) is 0 Å². The summed E-state index contributed by atoms with van der Waals surface area (Å²) in [5.41, 5.74) is 5.17. The van der Waals surface area contributed by atoms with Crippen LogP contribution in [0.1, 0.15) is 39.5 Å². The number of amides is 3. The Morgan fingerprint density at radius 1 is 0.767 bits per heavy atom. The summed E-state index contributed by atoms with van der Waals surface area (Å²) in [6, 6.07) is -4.03. The van der Waals surface area contributed by atoms with E-state index in [9.17, 15) is 33.9 Å². The maximum Gasteiger partial charge on any atom is 0.326 e. The highest BCUT2D eigenvalue weighted by Crippen LogP contribution is 2.06. The van der Waals surface area contributed by atoms with Crippen molar-refractivity contribution in [2.45, 2.75) is 57.7 Å². The maximum atomic E-state index is 12.5. The van der Waals surface area contributed by atoms with E-state index in [0.29, 0.717) is 0 Å². The molecule has 0 aromatic rings. The van der Waals surface area contributed by atoms with E-state index in [1.165, 1.54) is 0 Å². The number of nitrogens with two attached hydrogens (primary N) is 1. The zero-order chi connectivity index (χ0) is 23.4. The van der Waals surface area contributed by atoms with Crippen LogP contribution in [0.3, 0.4) is 0 Å². The van der Waals surface area contributed by atoms with Crippen LogP contribution in [0.4, 0.5) is 0 Å². The molecule has 0 saturated heterocycles. The minimum absolute atomic E-state index is 0.302. The van der Waals surface area contributed by atoms with Gasteiger partial charge in [0.2, 0.25) is 17.7 Å². The third-order valence-corrected chi connectivity index (χ3v) is 3.99. The molecule has 0 aromatic heterocycles. The molecule has 0 fully saturated rings. The molecule has 30 heavy (non-hydrogen) atoms. The average molecular weight is 432 g/mol. The van der Waals surface area contributed by atoms with Gasteiger partial charge in [0.05, 0.1) is 6.54 Å². The molecule has 13 nitrogen and oxygen atoms in total. The maximum absolute atomic E-state index is 12.5. The fourth-order valence-corrected chi connectivity index (χ4v) is 2.37. The van der Waals surface area contributed by atoms with E-state index in [1.807, 2.05) is 0 Å². The van der Waals surface area contributed by atoms with E-state index in [4.69, 9.17) is 15.9 Å². The number of nitrogens with one attached hydrogen (secondary N) is 3. The lowest BCUT2D eigenvalue weighted by Gasteiger charge is -2.25. The number of carbonyl (C=O) groups is 6. The van der Waals surface area contributed by atoms with Crippen molar-refractivity contribution in [3.8, 4) is 0 Å². The molecule has 3 amide bonds. The van der Waals surface area contributed by atoms with Gasteiger partial charge < -0.3 is 37.0 Å². The molecule has 0 bridgehead atoms. The van der Waals surface area contributed by atoms with Gasteiger partial charge in [-0.3, -0.25) is 24.0 Å². The third-order valence-electron chi connectivity index (χ3n) is 3.99. The normalized spacial score (nSPS) is 13.6. The first kappa shape index (κ1) is 26.8. The van der Waals surface area contributed by atoms with Gasteiger partial charge in [-0.05, 0) is 18.8 Å². The van der Waals surface area contributed by atoms with E-state index in [0.717, 1.165) is 0 Å². The fraction of sp³-hybridized carbons (Fsp3) is 0.647. The molecule has 8 N–H and O–H groups in total. The molecule has 0 aliphatic carbocycles. The van der Waals surface area contributed by atoms with Crippen LogP contribution in [-0.4, -0.2) is 75.6 Å². The van der Waals surface area contributed by atoms with E-state index in [-0.39, 0.29) is 12.8 Å². The summed E-state index contributed by atoms with van der Waals surface area (Å²) in [7, 11) is 0. The van der Waals surface area contributed by atoms with Gasteiger partial charge in [0.1, 0.15) is 18.1 Å². The second kappa shape index (κ2) is 13.1. The number of aliphatic carboxylic acids is 3. The Hall–Kier alpha value is -3.22. The molecule has 3 unspecified atom stereocenters. The summed E-state index contributed by atoms with van der Waals surface area (Å²) < 4.78 is 0. The minimum Gasteiger partial charge on any atom is -0.481 e. The van der Waals surface area contributed by atoms with Crippen molar-refractivity contribution in [3.05, 3.63) is 0 Å². The number of hydrogen-bond donors (Lipinski definition) is 7. The highest BCUT2D eigenvalue weighted by Gasteiger charge is 2.31. The lowest BCUT2D eigenvalue weighted by atomic mass is 10.0. The Bertz CT molecular complexity index is 666. The zero-order valence-electron chi connectivity index (χ0n) is 16.7. The Morgan fingerprint density at radius 3 is 1.57 bits per heavy atom. The van der Waals surface area contributed by atoms with Gasteiger partial charge in [-0.15, -0.1) is 0 Å². The minimum atomic E-state index is -1.42. The van der Waals surface area contributed by atoms with Gasteiger partial charge in [0.15, 0.2) is 0 Å². The SMILES string of the molecule is CC(C)C(NC(=O)C(CCC(=O)O)NC(=O)C(CCC(=O)O)NC(=O)CN)C(=O)O. The first-order valence-electron chi connectivity index (χ1n) is 9.15. The van der Waals surface area contributed by atoms with Crippen LogP contribution in [0.15, 0.2) is 0 Å². The molecule has 170 valence electrons. The molecule has 13 heteroatoms. The first-order chi connectivity index (χ1) is 13.9. The van der Waals surface area contributed by atoms with Crippen molar-refractivity contribution in [3.63, 3.8) is 0 Å². The van der Waals surface area contributed by atoms with Gasteiger partial charge in [-0.1, -0.05) is 13.8 Å². The van der Waals surface area contributed by atoms with Crippen LogP contribution in [-0.2, 0) is 28.8 Å². The van der Waals surface area contributed by atoms with Crippen molar-refractivity contribution in [1.82, 2.24) is 16.0 Å². The summed E-state index contributed by atoms with van der Waals surface area (Å²) in [6.45, 7) is 2.64. The van der Waals surface area contributed by atoms with Gasteiger partial charge in [-0.25, -0.2) is 4.79 Å². The molecule has 3 atom stereocenters. The smallest absolute Gasteiger partial charge is 0.326 e. The van der Waals surface area contributed by atoms with Gasteiger partial charge >= 0.3 is 17.9 Å². The lowest BCUT2D eigenvalue weighted by molar-refractivity contribution is -0.144. The lowest BCUT2D eigenvalue weighted by Crippen LogP contribution is -2.57. The molecule has 0 aliphatic rings.